The number of halogens is 2. The summed E-state index contributed by atoms with van der Waals surface area (Å²) in [6, 6.07) is 5.96. The Morgan fingerprint density at radius 1 is 1.21 bits per heavy atom. The Bertz CT molecular complexity index is 1630. The molecule has 3 aliphatic heterocycles. The third kappa shape index (κ3) is 6.05. The van der Waals surface area contributed by atoms with Crippen LogP contribution in [0.15, 0.2) is 42.7 Å². The zero-order valence-electron chi connectivity index (χ0n) is 26.3. The van der Waals surface area contributed by atoms with Gasteiger partial charge in [0, 0.05) is 38.5 Å². The number of nitrogens with zero attached hydrogens (tertiary/aromatic N) is 5. The Balaban J connectivity index is 1.20. The summed E-state index contributed by atoms with van der Waals surface area (Å²) in [6.45, 7) is 4.33. The van der Waals surface area contributed by atoms with Crippen LogP contribution in [-0.4, -0.2) is 101 Å². The van der Waals surface area contributed by atoms with Crippen molar-refractivity contribution >= 4 is 23.0 Å². The van der Waals surface area contributed by atoms with Gasteiger partial charge in [-0.15, -0.1) is 0 Å². The van der Waals surface area contributed by atoms with Crippen LogP contribution in [0.5, 0.6) is 5.88 Å². The molecule has 0 saturated carbocycles. The van der Waals surface area contributed by atoms with Crippen LogP contribution < -0.4 is 14.5 Å². The molecule has 4 atom stereocenters. The van der Waals surface area contributed by atoms with Crippen LogP contribution in [0, 0.1) is 0 Å². The molecule has 12 nitrogen and oxygen atoms in total. The lowest BCUT2D eigenvalue weighted by molar-refractivity contribution is -0.228. The first-order valence-electron chi connectivity index (χ1n) is 15.9. The van der Waals surface area contributed by atoms with Gasteiger partial charge >= 0.3 is 5.97 Å². The molecule has 3 aromatic heterocycles. The molecule has 250 valence electrons. The van der Waals surface area contributed by atoms with Crippen LogP contribution in [0.1, 0.15) is 50.4 Å². The lowest BCUT2D eigenvalue weighted by atomic mass is 9.89. The van der Waals surface area contributed by atoms with Gasteiger partial charge in [0.05, 0.1) is 49.9 Å². The number of alkyl halides is 2. The average molecular weight is 653 g/mol. The van der Waals surface area contributed by atoms with Crippen molar-refractivity contribution in [2.75, 3.05) is 49.8 Å². The number of carboxylic acid groups (broad SMARTS) is 1. The van der Waals surface area contributed by atoms with Gasteiger partial charge < -0.3 is 38.8 Å². The maximum atomic E-state index is 13.9. The third-order valence-electron chi connectivity index (χ3n) is 9.77. The lowest BCUT2D eigenvalue weighted by Crippen LogP contribution is -2.68. The van der Waals surface area contributed by atoms with Crippen molar-refractivity contribution in [2.45, 2.75) is 68.9 Å². The summed E-state index contributed by atoms with van der Waals surface area (Å²) >= 11 is 0. The predicted molar refractivity (Wildman–Crippen MR) is 168 cm³/mol. The summed E-state index contributed by atoms with van der Waals surface area (Å²) in [5.41, 5.74) is 3.31. The minimum Gasteiger partial charge on any atom is -0.480 e. The highest BCUT2D eigenvalue weighted by atomic mass is 19.3. The number of hydrogen-bond acceptors (Lipinski definition) is 10. The molecule has 1 unspecified atom stereocenters. The molecule has 3 fully saturated rings. The van der Waals surface area contributed by atoms with E-state index < -0.39 is 36.0 Å². The van der Waals surface area contributed by atoms with E-state index in [9.17, 15) is 18.7 Å². The molecule has 0 amide bonds. The normalized spacial score (nSPS) is 25.6. The van der Waals surface area contributed by atoms with Crippen LogP contribution in [0.4, 0.5) is 20.3 Å². The summed E-state index contributed by atoms with van der Waals surface area (Å²) in [7, 11) is 1.73. The van der Waals surface area contributed by atoms with Crippen LogP contribution in [0.2, 0.25) is 0 Å². The van der Waals surface area contributed by atoms with Crippen LogP contribution in [0.3, 0.4) is 0 Å². The highest BCUT2D eigenvalue weighted by Crippen LogP contribution is 2.41. The highest BCUT2D eigenvalue weighted by molar-refractivity contribution is 5.79. The Labute approximate surface area is 270 Å². The zero-order valence-corrected chi connectivity index (χ0v) is 26.3. The average Bonchev–Trinajstić information content (AvgIpc) is 3.76. The molecule has 14 heteroatoms. The monoisotopic (exact) mass is 652 g/mol. The van der Waals surface area contributed by atoms with Crippen molar-refractivity contribution in [1.29, 1.82) is 0 Å². The van der Waals surface area contributed by atoms with E-state index in [-0.39, 0.29) is 36.6 Å². The number of aromatic amines is 1. The van der Waals surface area contributed by atoms with Crippen molar-refractivity contribution in [3.8, 4) is 17.3 Å². The molecule has 2 N–H and O–H groups in total. The van der Waals surface area contributed by atoms with Gasteiger partial charge in [-0.1, -0.05) is 6.08 Å². The minimum atomic E-state index is -2.94. The topological polar surface area (TPSA) is 135 Å². The van der Waals surface area contributed by atoms with Crippen molar-refractivity contribution in [1.82, 2.24) is 19.9 Å². The van der Waals surface area contributed by atoms with Crippen LogP contribution >= 0.6 is 0 Å². The summed E-state index contributed by atoms with van der Waals surface area (Å²) < 4.78 is 51.6. The molecular formula is C33H38F2N6O6. The number of rotatable bonds is 9. The second-order valence-corrected chi connectivity index (χ2v) is 12.5. The number of aliphatic carboxylic acids is 1. The summed E-state index contributed by atoms with van der Waals surface area (Å²) in [5, 5.41) is 10.2. The van der Waals surface area contributed by atoms with Gasteiger partial charge in [0.1, 0.15) is 29.3 Å². The Morgan fingerprint density at radius 2 is 2.06 bits per heavy atom. The highest BCUT2D eigenvalue weighted by Gasteiger charge is 2.50. The smallest absolute Gasteiger partial charge is 0.326 e. The van der Waals surface area contributed by atoms with Gasteiger partial charge in [-0.3, -0.25) is 0 Å². The Kier molecular flexibility index (Phi) is 8.57. The molecule has 0 aromatic carbocycles. The van der Waals surface area contributed by atoms with E-state index in [1.54, 1.807) is 31.6 Å². The quantitative estimate of drug-likeness (QED) is 0.339. The van der Waals surface area contributed by atoms with Crippen molar-refractivity contribution in [3.05, 3.63) is 54.1 Å². The number of morpholine rings is 1. The molecule has 1 aliphatic carbocycles. The fraction of sp³-hybridized carbons (Fsp3) is 0.515. The van der Waals surface area contributed by atoms with Gasteiger partial charge in [0.25, 0.3) is 6.43 Å². The maximum absolute atomic E-state index is 13.9. The second kappa shape index (κ2) is 12.8. The van der Waals surface area contributed by atoms with E-state index in [0.29, 0.717) is 37.9 Å². The number of allylic oxidation sites excluding steroid dienone is 1. The molecule has 3 saturated heterocycles. The van der Waals surface area contributed by atoms with Crippen molar-refractivity contribution in [3.63, 3.8) is 0 Å². The van der Waals surface area contributed by atoms with Gasteiger partial charge in [0.15, 0.2) is 5.82 Å². The second-order valence-electron chi connectivity index (χ2n) is 12.5. The van der Waals surface area contributed by atoms with E-state index in [4.69, 9.17) is 23.9 Å². The summed E-state index contributed by atoms with van der Waals surface area (Å²) in [5.74, 6) is -1.31. The van der Waals surface area contributed by atoms with Gasteiger partial charge in [-0.05, 0) is 55.5 Å². The number of hydrogen-bond donors (Lipinski definition) is 2. The van der Waals surface area contributed by atoms with Gasteiger partial charge in [-0.2, -0.15) is 0 Å². The summed E-state index contributed by atoms with van der Waals surface area (Å²) in [6.07, 6.45) is 5.01. The number of nitrogens with one attached hydrogen (secondary N) is 1. The minimum absolute atomic E-state index is 0.0327. The number of anilines is 2. The molecule has 47 heavy (non-hydrogen) atoms. The Morgan fingerprint density at radius 3 is 2.72 bits per heavy atom. The number of methoxy groups -OCH3 is 1. The number of H-pyrrole nitrogens is 1. The van der Waals surface area contributed by atoms with E-state index >= 15 is 0 Å². The first kappa shape index (κ1) is 31.5. The van der Waals surface area contributed by atoms with E-state index in [1.165, 1.54) is 16.5 Å². The van der Waals surface area contributed by atoms with Gasteiger partial charge in [0.2, 0.25) is 5.88 Å². The number of pyridine rings is 1. The molecule has 1 spiro atoms. The molecule has 0 bridgehead atoms. The fourth-order valence-electron chi connectivity index (χ4n) is 6.95. The molecule has 7 rings (SSSR count). The largest absolute Gasteiger partial charge is 0.480 e. The zero-order chi connectivity index (χ0) is 32.7. The number of carbonyl (C=O) groups is 1. The summed E-state index contributed by atoms with van der Waals surface area (Å²) in [4.78, 5) is 32.1. The predicted octanol–water partition coefficient (Wildman–Crippen LogP) is 4.49. The van der Waals surface area contributed by atoms with Crippen LogP contribution in [-0.2, 0) is 19.0 Å². The molecule has 0 radical (unpaired) electrons. The lowest BCUT2D eigenvalue weighted by Gasteiger charge is -2.53. The fourth-order valence-corrected chi connectivity index (χ4v) is 6.95. The number of aromatic nitrogens is 4. The van der Waals surface area contributed by atoms with E-state index in [2.05, 4.69) is 38.9 Å². The number of ether oxygens (including phenoxy) is 4. The van der Waals surface area contributed by atoms with Crippen molar-refractivity contribution in [2.24, 2.45) is 0 Å². The molecule has 6 heterocycles. The standard InChI is InChI=1S/C33H38F2N6O6/c1-19-33(17-45-18-33)46-11-10-40(19)26-12-21(20-5-7-22(44-2)8-6-20)15-37-31(26)47-23-13-27(32(42)43)41(16-23)28-14-25(24-4-3-9-36-24)38-30(39-28)29(34)35/h3-5,9,12,14-15,19,22-23,27,29,36H,6-8,10-11,13,16-18H2,1-2H3,(H,42,43)/t19-,22?,23-,27-/m0/s1. The molecule has 4 aliphatic rings. The van der Waals surface area contributed by atoms with Gasteiger partial charge in [-0.25, -0.2) is 28.5 Å². The van der Waals surface area contributed by atoms with E-state index in [1.807, 2.05) is 0 Å². The molecular weight excluding hydrogens is 614 g/mol. The first-order valence-corrected chi connectivity index (χ1v) is 15.9. The van der Waals surface area contributed by atoms with Crippen molar-refractivity contribution < 1.29 is 37.6 Å². The maximum Gasteiger partial charge on any atom is 0.326 e. The van der Waals surface area contributed by atoms with Crippen LogP contribution in [0.25, 0.3) is 17.0 Å². The third-order valence-corrected chi connectivity index (χ3v) is 9.77. The van der Waals surface area contributed by atoms with E-state index in [0.717, 1.165) is 30.5 Å². The number of carboxylic acids is 1. The Hall–Kier alpha value is -4.14. The first-order chi connectivity index (χ1) is 22.7. The molecule has 3 aromatic rings. The SMILES string of the molecule is COC1CC=C(c2cnc(O[C@H]3C[C@@H](C(=O)O)N(c4cc(-c5ccc[nH]5)nc(C(F)F)n4)C3)c(N3CCOC4(COC4)[C@@H]3C)c2)CC1.